The van der Waals surface area contributed by atoms with Crippen LogP contribution in [0.2, 0.25) is 0 Å². The van der Waals surface area contributed by atoms with E-state index in [-0.39, 0.29) is 17.2 Å². The molecule has 6 rings (SSSR count). The van der Waals surface area contributed by atoms with Gasteiger partial charge in [0.1, 0.15) is 5.82 Å². The van der Waals surface area contributed by atoms with Crippen molar-refractivity contribution in [3.05, 3.63) is 71.4 Å². The highest BCUT2D eigenvalue weighted by Crippen LogP contribution is 2.54. The molecule has 1 aromatic heterocycles. The SMILES string of the molecule is Nc1ncc(-c2ccc([C@@]34CC[C@@H]3CN(CC(F)(F)F)C4)cc2)cc1-c1ccc2c(c1)CCNC2=O. The van der Waals surface area contributed by atoms with Crippen molar-refractivity contribution < 1.29 is 18.0 Å². The van der Waals surface area contributed by atoms with Crippen molar-refractivity contribution in [1.82, 2.24) is 15.2 Å². The van der Waals surface area contributed by atoms with Crippen LogP contribution in [0, 0.1) is 5.92 Å². The number of rotatable bonds is 4. The fourth-order valence-electron chi connectivity index (χ4n) is 6.25. The first-order valence-corrected chi connectivity index (χ1v) is 12.3. The number of pyridine rings is 1. The van der Waals surface area contributed by atoms with Crippen molar-refractivity contribution in [3.63, 3.8) is 0 Å². The Bertz CT molecular complexity index is 1340. The molecule has 3 N–H and O–H groups in total. The summed E-state index contributed by atoms with van der Waals surface area (Å²) < 4.78 is 38.9. The van der Waals surface area contributed by atoms with Crippen LogP contribution in [0.4, 0.5) is 19.0 Å². The number of nitrogens with one attached hydrogen (secondary N) is 1. The molecule has 2 atom stereocenters. The molecule has 5 nitrogen and oxygen atoms in total. The fraction of sp³-hybridized carbons (Fsp3) is 0.357. The predicted molar refractivity (Wildman–Crippen MR) is 132 cm³/mol. The number of nitrogens with zero attached hydrogens (tertiary/aromatic N) is 2. The number of hydrogen-bond donors (Lipinski definition) is 2. The molecule has 2 aromatic carbocycles. The second-order valence-electron chi connectivity index (χ2n) is 10.3. The first-order chi connectivity index (χ1) is 17.2. The van der Waals surface area contributed by atoms with Gasteiger partial charge in [-0.2, -0.15) is 13.2 Å². The molecule has 3 aromatic rings. The highest BCUT2D eigenvalue weighted by Gasteiger charge is 2.54. The topological polar surface area (TPSA) is 71.2 Å². The van der Waals surface area contributed by atoms with Crippen molar-refractivity contribution in [1.29, 1.82) is 0 Å². The second-order valence-corrected chi connectivity index (χ2v) is 10.3. The van der Waals surface area contributed by atoms with E-state index >= 15 is 0 Å². The zero-order valence-electron chi connectivity index (χ0n) is 19.7. The van der Waals surface area contributed by atoms with Crippen LogP contribution in [-0.4, -0.2) is 48.1 Å². The maximum absolute atomic E-state index is 13.0. The van der Waals surface area contributed by atoms with Gasteiger partial charge in [0.25, 0.3) is 5.91 Å². The fourth-order valence-corrected chi connectivity index (χ4v) is 6.25. The van der Waals surface area contributed by atoms with Gasteiger partial charge in [0.2, 0.25) is 0 Å². The molecular formula is C28H27F3N4O. The summed E-state index contributed by atoms with van der Waals surface area (Å²) in [7, 11) is 0. The molecule has 2 fully saturated rings. The number of nitrogen functional groups attached to an aromatic ring is 1. The Morgan fingerprint density at radius 3 is 2.56 bits per heavy atom. The number of halogens is 3. The smallest absolute Gasteiger partial charge is 0.383 e. The third kappa shape index (κ3) is 3.93. The van der Waals surface area contributed by atoms with Crippen LogP contribution in [0.15, 0.2) is 54.7 Å². The maximum atomic E-state index is 13.0. The number of fused-ring (bicyclic) bond motifs is 2. The molecule has 0 spiro atoms. The lowest BCUT2D eigenvalue weighted by molar-refractivity contribution is -0.143. The van der Waals surface area contributed by atoms with Crippen LogP contribution in [0.5, 0.6) is 0 Å². The molecule has 1 amide bonds. The highest BCUT2D eigenvalue weighted by atomic mass is 19.4. The number of likely N-dealkylation sites (tertiary alicyclic amines) is 1. The number of benzene rings is 2. The van der Waals surface area contributed by atoms with Crippen LogP contribution >= 0.6 is 0 Å². The molecule has 2 aliphatic heterocycles. The van der Waals surface area contributed by atoms with Crippen molar-refractivity contribution in [2.45, 2.75) is 30.9 Å². The first-order valence-electron chi connectivity index (χ1n) is 12.3. The summed E-state index contributed by atoms with van der Waals surface area (Å²) in [4.78, 5) is 18.1. The van der Waals surface area contributed by atoms with Crippen molar-refractivity contribution >= 4 is 11.7 Å². The van der Waals surface area contributed by atoms with Gasteiger partial charge in [0, 0.05) is 47.9 Å². The van der Waals surface area contributed by atoms with Gasteiger partial charge in [-0.05, 0) is 59.6 Å². The van der Waals surface area contributed by atoms with Crippen LogP contribution in [0.25, 0.3) is 22.3 Å². The normalized spacial score (nSPS) is 23.5. The Balaban J connectivity index is 1.27. The molecule has 8 heteroatoms. The molecule has 3 heterocycles. The van der Waals surface area contributed by atoms with Gasteiger partial charge in [-0.3, -0.25) is 9.69 Å². The number of carbonyl (C=O) groups excluding carboxylic acids is 1. The minimum absolute atomic E-state index is 0.0558. The Morgan fingerprint density at radius 2 is 1.83 bits per heavy atom. The largest absolute Gasteiger partial charge is 0.401 e. The van der Waals surface area contributed by atoms with E-state index in [0.717, 1.165) is 52.6 Å². The number of amides is 1. The van der Waals surface area contributed by atoms with Gasteiger partial charge in [0.05, 0.1) is 6.54 Å². The quantitative estimate of drug-likeness (QED) is 0.549. The lowest BCUT2D eigenvalue weighted by Crippen LogP contribution is -2.44. The minimum Gasteiger partial charge on any atom is -0.383 e. The van der Waals surface area contributed by atoms with E-state index in [1.807, 2.05) is 36.4 Å². The Kier molecular flexibility index (Phi) is 5.33. The van der Waals surface area contributed by atoms with E-state index in [0.29, 0.717) is 31.0 Å². The Hall–Kier alpha value is -3.39. The second kappa shape index (κ2) is 8.34. The van der Waals surface area contributed by atoms with Crippen molar-refractivity contribution in [3.8, 4) is 22.3 Å². The van der Waals surface area contributed by atoms with Crippen LogP contribution in [-0.2, 0) is 11.8 Å². The van der Waals surface area contributed by atoms with Crippen LogP contribution in [0.1, 0.15) is 34.3 Å². The molecule has 0 unspecified atom stereocenters. The monoisotopic (exact) mass is 492 g/mol. The van der Waals surface area contributed by atoms with E-state index in [2.05, 4.69) is 22.4 Å². The van der Waals surface area contributed by atoms with Gasteiger partial charge in [0.15, 0.2) is 0 Å². The molecular weight excluding hydrogens is 465 g/mol. The molecule has 0 bridgehead atoms. The zero-order chi connectivity index (χ0) is 25.1. The van der Waals surface area contributed by atoms with Crippen LogP contribution < -0.4 is 11.1 Å². The summed E-state index contributed by atoms with van der Waals surface area (Å²) >= 11 is 0. The summed E-state index contributed by atoms with van der Waals surface area (Å²) in [6, 6.07) is 15.9. The molecule has 3 aliphatic rings. The molecule has 1 saturated carbocycles. The van der Waals surface area contributed by atoms with E-state index in [1.54, 1.807) is 11.1 Å². The molecule has 1 saturated heterocycles. The highest BCUT2D eigenvalue weighted by molar-refractivity contribution is 5.97. The molecule has 1 aliphatic carbocycles. The van der Waals surface area contributed by atoms with Gasteiger partial charge < -0.3 is 11.1 Å². The summed E-state index contributed by atoms with van der Waals surface area (Å²) in [5.41, 5.74) is 12.5. The first kappa shape index (κ1) is 23.0. The van der Waals surface area contributed by atoms with Gasteiger partial charge in [-0.15, -0.1) is 0 Å². The van der Waals surface area contributed by atoms with E-state index in [1.165, 1.54) is 0 Å². The molecule has 186 valence electrons. The average molecular weight is 493 g/mol. The number of alkyl halides is 3. The zero-order valence-corrected chi connectivity index (χ0v) is 19.7. The van der Waals surface area contributed by atoms with Crippen molar-refractivity contribution in [2.75, 3.05) is 31.9 Å². The standard InChI is InChI=1S/C28H27F3N4O/c29-28(30,31)16-35-14-22-7-9-27(22,15-35)21-4-1-17(2-5-21)20-12-24(25(32)34-13-20)18-3-6-23-19(11-18)8-10-33-26(23)36/h1-6,11-13,22H,7-10,14-16H2,(H2,32,34)(H,33,36)/t22-,27+/m1/s1. The molecule has 36 heavy (non-hydrogen) atoms. The summed E-state index contributed by atoms with van der Waals surface area (Å²) in [5.74, 6) is 0.642. The lowest BCUT2D eigenvalue weighted by Gasteiger charge is -2.45. The Labute approximate surface area is 207 Å². The molecule has 0 radical (unpaired) electrons. The maximum Gasteiger partial charge on any atom is 0.401 e. The number of anilines is 1. The number of aromatic nitrogens is 1. The number of nitrogens with two attached hydrogens (primary N) is 1. The minimum atomic E-state index is -4.17. The van der Waals surface area contributed by atoms with E-state index in [4.69, 9.17) is 5.73 Å². The third-order valence-electron chi connectivity index (χ3n) is 8.16. The summed E-state index contributed by atoms with van der Waals surface area (Å²) in [6.07, 6.45) is 0.246. The van der Waals surface area contributed by atoms with Gasteiger partial charge >= 0.3 is 6.18 Å². The lowest BCUT2D eigenvalue weighted by atomic mass is 9.58. The van der Waals surface area contributed by atoms with Gasteiger partial charge in [-0.1, -0.05) is 36.4 Å². The van der Waals surface area contributed by atoms with Gasteiger partial charge in [-0.25, -0.2) is 4.98 Å². The predicted octanol–water partition coefficient (Wildman–Crippen LogP) is 4.81. The van der Waals surface area contributed by atoms with E-state index < -0.39 is 12.7 Å². The summed E-state index contributed by atoms with van der Waals surface area (Å²) in [5, 5.41) is 2.86. The summed E-state index contributed by atoms with van der Waals surface area (Å²) in [6.45, 7) is 0.748. The van der Waals surface area contributed by atoms with E-state index in [9.17, 15) is 18.0 Å². The Morgan fingerprint density at radius 1 is 1.06 bits per heavy atom. The number of carbonyl (C=O) groups is 1. The van der Waals surface area contributed by atoms with Crippen LogP contribution in [0.3, 0.4) is 0 Å². The third-order valence-corrected chi connectivity index (χ3v) is 8.16. The number of hydrogen-bond acceptors (Lipinski definition) is 4. The van der Waals surface area contributed by atoms with Crippen molar-refractivity contribution in [2.24, 2.45) is 5.92 Å². The average Bonchev–Trinajstić information content (AvgIpc) is 3.08.